The first-order valence-corrected chi connectivity index (χ1v) is 6.85. The molecule has 23 heavy (non-hydrogen) atoms. The van der Waals surface area contributed by atoms with Crippen molar-refractivity contribution in [2.75, 3.05) is 6.61 Å². The Labute approximate surface area is 131 Å². The van der Waals surface area contributed by atoms with Gasteiger partial charge in [-0.05, 0) is 42.3 Å². The number of phenols is 1. The maximum Gasteiger partial charge on any atom is 0.153 e. The van der Waals surface area contributed by atoms with Crippen LogP contribution in [0, 0.1) is 11.3 Å². The van der Waals surface area contributed by atoms with Gasteiger partial charge >= 0.3 is 0 Å². The van der Waals surface area contributed by atoms with E-state index in [1.165, 1.54) is 10.9 Å². The van der Waals surface area contributed by atoms with Gasteiger partial charge in [0.15, 0.2) is 12.0 Å². The van der Waals surface area contributed by atoms with Gasteiger partial charge in [0.25, 0.3) is 0 Å². The molecule has 0 amide bonds. The Morgan fingerprint density at radius 3 is 2.70 bits per heavy atom. The number of benzene rings is 2. The van der Waals surface area contributed by atoms with Crippen molar-refractivity contribution in [2.45, 2.75) is 6.42 Å². The summed E-state index contributed by atoms with van der Waals surface area (Å²) in [6.07, 6.45) is 0.879. The third-order valence-corrected chi connectivity index (χ3v) is 3.43. The fourth-order valence-electron chi connectivity index (χ4n) is 2.31. The summed E-state index contributed by atoms with van der Waals surface area (Å²) in [6.45, 7) is -0.0808. The first-order chi connectivity index (χ1) is 11.2. The topological polar surface area (TPSA) is 112 Å². The number of nitrogens with zero attached hydrogens (tertiary/aromatic N) is 4. The largest absolute Gasteiger partial charge is 0.505 e. The van der Waals surface area contributed by atoms with Crippen LogP contribution in [0.25, 0.3) is 16.7 Å². The molecule has 114 valence electrons. The third-order valence-electron chi connectivity index (χ3n) is 3.43. The molecule has 1 aromatic heterocycles. The number of carbonyl (C=O) groups excluding carboxylic acids is 1. The van der Waals surface area contributed by atoms with Crippen molar-refractivity contribution in [3.63, 3.8) is 0 Å². The molecule has 1 heterocycles. The van der Waals surface area contributed by atoms with E-state index < -0.39 is 0 Å². The first-order valence-electron chi connectivity index (χ1n) is 6.85. The van der Waals surface area contributed by atoms with Crippen LogP contribution in [0.3, 0.4) is 0 Å². The number of phenolic OH excluding ortho intramolecular Hbond substituents is 1. The summed E-state index contributed by atoms with van der Waals surface area (Å²) in [4.78, 5) is 12.3. The van der Waals surface area contributed by atoms with E-state index in [2.05, 4.69) is 10.2 Å². The highest BCUT2D eigenvalue weighted by Crippen LogP contribution is 2.27. The number of fused-ring (bicyclic) bond motifs is 1. The molecule has 3 rings (SSSR count). The van der Waals surface area contributed by atoms with Crippen molar-refractivity contribution in [2.24, 2.45) is 0 Å². The number of aliphatic hydroxyl groups is 1. The molecule has 0 radical (unpaired) electrons. The van der Waals surface area contributed by atoms with Gasteiger partial charge in [-0.3, -0.25) is 4.79 Å². The smallest absolute Gasteiger partial charge is 0.153 e. The fourth-order valence-corrected chi connectivity index (χ4v) is 2.31. The van der Waals surface area contributed by atoms with Gasteiger partial charge in [0.2, 0.25) is 0 Å². The zero-order valence-electron chi connectivity index (χ0n) is 12.0. The van der Waals surface area contributed by atoms with E-state index in [1.54, 1.807) is 24.3 Å². The quantitative estimate of drug-likeness (QED) is 0.703. The summed E-state index contributed by atoms with van der Waals surface area (Å²) in [5.74, 6) is -0.234. The lowest BCUT2D eigenvalue weighted by molar-refractivity contribution is 0.112. The maximum absolute atomic E-state index is 11.1. The van der Waals surface area contributed by atoms with Crippen LogP contribution < -0.4 is 0 Å². The highest BCUT2D eigenvalue weighted by atomic mass is 16.3. The molecule has 0 aliphatic heterocycles. The molecular formula is C16H12N4O3. The van der Waals surface area contributed by atoms with Crippen LogP contribution >= 0.6 is 0 Å². The maximum atomic E-state index is 11.1. The van der Waals surface area contributed by atoms with Crippen LogP contribution in [0.5, 0.6) is 5.75 Å². The zero-order chi connectivity index (χ0) is 16.4. The van der Waals surface area contributed by atoms with Crippen LogP contribution in [0.4, 0.5) is 0 Å². The average molecular weight is 308 g/mol. The molecule has 7 heteroatoms. The molecule has 0 atom stereocenters. The highest BCUT2D eigenvalue weighted by Gasteiger charge is 2.14. The predicted octanol–water partition coefficient (Wildman–Crippen LogP) is 1.35. The van der Waals surface area contributed by atoms with Crippen molar-refractivity contribution in [3.8, 4) is 17.5 Å². The van der Waals surface area contributed by atoms with E-state index >= 15 is 0 Å². The normalized spacial score (nSPS) is 10.6. The predicted molar refractivity (Wildman–Crippen MR) is 81.4 cm³/mol. The second-order valence-corrected chi connectivity index (χ2v) is 4.95. The summed E-state index contributed by atoms with van der Waals surface area (Å²) in [5.41, 5.74) is 2.54. The molecule has 0 aliphatic carbocycles. The van der Waals surface area contributed by atoms with Gasteiger partial charge < -0.3 is 10.2 Å². The number of hydrogen-bond donors (Lipinski definition) is 2. The fraction of sp³-hybridized carbons (Fsp3) is 0.125. The van der Waals surface area contributed by atoms with Gasteiger partial charge in [-0.15, -0.1) is 15.0 Å². The van der Waals surface area contributed by atoms with Crippen molar-refractivity contribution in [1.82, 2.24) is 15.0 Å². The van der Waals surface area contributed by atoms with Gasteiger partial charge in [-0.2, -0.15) is 5.26 Å². The summed E-state index contributed by atoms with van der Waals surface area (Å²) >= 11 is 0. The second kappa shape index (κ2) is 5.87. The van der Waals surface area contributed by atoms with Gasteiger partial charge in [0.1, 0.15) is 16.7 Å². The Morgan fingerprint density at radius 1 is 1.22 bits per heavy atom. The van der Waals surface area contributed by atoms with E-state index in [-0.39, 0.29) is 23.6 Å². The minimum atomic E-state index is -0.234. The van der Waals surface area contributed by atoms with E-state index in [0.717, 1.165) is 0 Å². The van der Waals surface area contributed by atoms with Crippen molar-refractivity contribution < 1.29 is 15.0 Å². The molecule has 2 aromatic carbocycles. The Hall–Kier alpha value is -3.24. The lowest BCUT2D eigenvalue weighted by atomic mass is 10.1. The molecule has 0 saturated carbocycles. The Bertz CT molecular complexity index is 940. The van der Waals surface area contributed by atoms with Gasteiger partial charge in [0.05, 0.1) is 17.2 Å². The highest BCUT2D eigenvalue weighted by molar-refractivity contribution is 5.82. The molecule has 0 saturated heterocycles. The number of aromatic hydroxyl groups is 1. The third kappa shape index (κ3) is 2.63. The van der Waals surface area contributed by atoms with Crippen LogP contribution in [0.15, 0.2) is 30.3 Å². The van der Waals surface area contributed by atoms with Crippen LogP contribution in [-0.4, -0.2) is 38.1 Å². The van der Waals surface area contributed by atoms with E-state index in [4.69, 9.17) is 10.4 Å². The van der Waals surface area contributed by atoms with Crippen LogP contribution in [0.2, 0.25) is 0 Å². The SMILES string of the molecule is N#Cc1ccc2nn(-c3cc(CCO)cc(C=O)c3O)nc2c1. The van der Waals surface area contributed by atoms with Crippen molar-refractivity contribution in [3.05, 3.63) is 47.0 Å². The Morgan fingerprint density at radius 2 is 2.00 bits per heavy atom. The number of nitriles is 1. The van der Waals surface area contributed by atoms with Gasteiger partial charge in [0, 0.05) is 6.61 Å². The molecule has 2 N–H and O–H groups in total. The summed E-state index contributed by atoms with van der Waals surface area (Å²) in [5, 5.41) is 36.7. The van der Waals surface area contributed by atoms with Gasteiger partial charge in [-0.25, -0.2) is 0 Å². The summed E-state index contributed by atoms with van der Waals surface area (Å²) in [6, 6.07) is 10.0. The first kappa shape index (κ1) is 14.7. The number of aromatic nitrogens is 3. The number of rotatable bonds is 4. The summed E-state index contributed by atoms with van der Waals surface area (Å²) in [7, 11) is 0. The number of carbonyl (C=O) groups is 1. The second-order valence-electron chi connectivity index (χ2n) is 4.95. The molecule has 0 fully saturated rings. The van der Waals surface area contributed by atoms with E-state index in [9.17, 15) is 9.90 Å². The molecular weight excluding hydrogens is 296 g/mol. The van der Waals surface area contributed by atoms with Crippen molar-refractivity contribution in [1.29, 1.82) is 5.26 Å². The zero-order valence-corrected chi connectivity index (χ0v) is 12.0. The lowest BCUT2D eigenvalue weighted by Gasteiger charge is -2.08. The average Bonchev–Trinajstić information content (AvgIpc) is 2.99. The van der Waals surface area contributed by atoms with E-state index in [0.29, 0.717) is 34.9 Å². The number of hydrogen-bond acceptors (Lipinski definition) is 6. The Kier molecular flexibility index (Phi) is 3.75. The minimum Gasteiger partial charge on any atom is -0.505 e. The molecule has 3 aromatic rings. The molecule has 0 unspecified atom stereocenters. The molecule has 7 nitrogen and oxygen atoms in total. The number of aliphatic hydroxyl groups excluding tert-OH is 1. The molecule has 0 spiro atoms. The minimum absolute atomic E-state index is 0.0808. The lowest BCUT2D eigenvalue weighted by Crippen LogP contribution is -2.03. The van der Waals surface area contributed by atoms with Gasteiger partial charge in [-0.1, -0.05) is 0 Å². The monoisotopic (exact) mass is 308 g/mol. The Balaban J connectivity index is 2.19. The number of aldehydes is 1. The standard InChI is InChI=1S/C16H12N4O3/c17-8-11-1-2-13-14(6-11)19-20(18-13)15-7-10(3-4-21)5-12(9-22)16(15)23/h1-2,5-7,9,21,23H,3-4H2. The van der Waals surface area contributed by atoms with E-state index in [1.807, 2.05) is 6.07 Å². The van der Waals surface area contributed by atoms with Crippen LogP contribution in [-0.2, 0) is 6.42 Å². The van der Waals surface area contributed by atoms with Crippen molar-refractivity contribution >= 4 is 17.3 Å². The molecule has 0 bridgehead atoms. The van der Waals surface area contributed by atoms with Crippen LogP contribution in [0.1, 0.15) is 21.5 Å². The summed E-state index contributed by atoms with van der Waals surface area (Å²) < 4.78 is 0. The molecule has 0 aliphatic rings.